The summed E-state index contributed by atoms with van der Waals surface area (Å²) in [6, 6.07) is 12.3. The van der Waals surface area contributed by atoms with Gasteiger partial charge < -0.3 is 16.8 Å². The summed E-state index contributed by atoms with van der Waals surface area (Å²) < 4.78 is 13.2. The Morgan fingerprint density at radius 1 is 1.11 bits per heavy atom. The molecule has 0 aliphatic rings. The van der Waals surface area contributed by atoms with Crippen molar-refractivity contribution in [3.05, 3.63) is 82.4 Å². The zero-order valence-corrected chi connectivity index (χ0v) is 16.2. The maximum absolute atomic E-state index is 13.2. The van der Waals surface area contributed by atoms with E-state index in [1.165, 1.54) is 12.3 Å². The minimum atomic E-state index is -0.522. The lowest BCUT2D eigenvalue weighted by atomic mass is 9.90. The Morgan fingerprint density at radius 3 is 2.57 bits per heavy atom. The van der Waals surface area contributed by atoms with Crippen molar-refractivity contribution >= 4 is 23.3 Å². The van der Waals surface area contributed by atoms with Crippen LogP contribution in [0, 0.1) is 19.8 Å². The zero-order valence-electron chi connectivity index (χ0n) is 16.2. The Morgan fingerprint density at radius 2 is 1.89 bits per heavy atom. The second-order valence-corrected chi connectivity index (χ2v) is 6.68. The van der Waals surface area contributed by atoms with Gasteiger partial charge in [-0.05, 0) is 54.3 Å². The van der Waals surface area contributed by atoms with Crippen molar-refractivity contribution in [1.29, 1.82) is 0 Å². The molecule has 0 saturated heterocycles. The Hall–Kier alpha value is -3.25. The smallest absolute Gasteiger partial charge is 0.212 e. The van der Waals surface area contributed by atoms with Crippen molar-refractivity contribution in [1.82, 2.24) is 4.98 Å². The monoisotopic (exact) mass is 377 g/mol. The summed E-state index contributed by atoms with van der Waals surface area (Å²) in [6.45, 7) is 4.06. The van der Waals surface area contributed by atoms with Crippen LogP contribution in [0.5, 0.6) is 0 Å². The third-order valence-corrected chi connectivity index (χ3v) is 4.87. The maximum Gasteiger partial charge on any atom is 0.212 e. The number of nitrogens with two attached hydrogens (primary N) is 2. The van der Waals surface area contributed by atoms with E-state index in [9.17, 15) is 4.39 Å². The lowest BCUT2D eigenvalue weighted by Crippen LogP contribution is -2.17. The quantitative estimate of drug-likeness (QED) is 0.352. The van der Waals surface area contributed by atoms with Crippen LogP contribution in [0.15, 0.2) is 53.7 Å². The molecule has 0 fully saturated rings. The van der Waals surface area contributed by atoms with Gasteiger partial charge in [-0.15, -0.1) is 0 Å². The van der Waals surface area contributed by atoms with Crippen LogP contribution in [0.1, 0.15) is 33.9 Å². The second-order valence-electron chi connectivity index (χ2n) is 6.68. The standard InChI is InChI=1S/C22H24FN5/c1-13-7-9-17(21(25)16-5-4-6-19(24)18(16)12-26-3)22(14(13)2)28-15-8-10-20(23)27-11-15/h4-12,21,28H,24-25H2,1-3H3. The van der Waals surface area contributed by atoms with Gasteiger partial charge in [0.05, 0.1) is 17.9 Å². The minimum Gasteiger partial charge on any atom is -0.398 e. The van der Waals surface area contributed by atoms with Crippen LogP contribution in [0.3, 0.4) is 0 Å². The normalized spacial score (nSPS) is 12.3. The molecule has 0 aliphatic heterocycles. The summed E-state index contributed by atoms with van der Waals surface area (Å²) in [6.07, 6.45) is 3.19. The van der Waals surface area contributed by atoms with Crippen LogP contribution in [0.4, 0.5) is 21.5 Å². The van der Waals surface area contributed by atoms with Crippen LogP contribution in [-0.4, -0.2) is 18.2 Å². The average molecular weight is 377 g/mol. The summed E-state index contributed by atoms with van der Waals surface area (Å²) >= 11 is 0. The highest BCUT2D eigenvalue weighted by Crippen LogP contribution is 2.35. The Balaban J connectivity index is 2.11. The predicted molar refractivity (Wildman–Crippen MR) is 114 cm³/mol. The number of nitrogens with one attached hydrogen (secondary N) is 1. The van der Waals surface area contributed by atoms with Crippen LogP contribution >= 0.6 is 0 Å². The number of halogens is 1. The lowest BCUT2D eigenvalue weighted by molar-refractivity contribution is 0.584. The molecule has 28 heavy (non-hydrogen) atoms. The fourth-order valence-corrected chi connectivity index (χ4v) is 3.17. The van der Waals surface area contributed by atoms with Gasteiger partial charge in [0.2, 0.25) is 5.95 Å². The third kappa shape index (κ3) is 3.87. The molecule has 0 saturated carbocycles. The molecule has 5 nitrogen and oxygen atoms in total. The first-order valence-corrected chi connectivity index (χ1v) is 8.97. The number of aryl methyl sites for hydroxylation is 1. The molecule has 0 aliphatic carbocycles. The van der Waals surface area contributed by atoms with Gasteiger partial charge in [-0.2, -0.15) is 4.39 Å². The fourth-order valence-electron chi connectivity index (χ4n) is 3.17. The van der Waals surface area contributed by atoms with E-state index in [1.54, 1.807) is 19.3 Å². The molecule has 0 amide bonds. The van der Waals surface area contributed by atoms with Gasteiger partial charge in [0, 0.05) is 30.2 Å². The zero-order chi connectivity index (χ0) is 20.3. The number of hydrogen-bond acceptors (Lipinski definition) is 5. The van der Waals surface area contributed by atoms with Crippen molar-refractivity contribution in [2.45, 2.75) is 19.9 Å². The van der Waals surface area contributed by atoms with Crippen LogP contribution < -0.4 is 16.8 Å². The molecule has 0 bridgehead atoms. The molecular formula is C22H24FN5. The number of nitrogen functional groups attached to an aromatic ring is 1. The topological polar surface area (TPSA) is 89.3 Å². The van der Waals surface area contributed by atoms with Gasteiger partial charge in [-0.3, -0.25) is 4.99 Å². The van der Waals surface area contributed by atoms with Gasteiger partial charge in [0.1, 0.15) is 0 Å². The largest absolute Gasteiger partial charge is 0.398 e. The summed E-state index contributed by atoms with van der Waals surface area (Å²) in [5.41, 5.74) is 19.8. The van der Waals surface area contributed by atoms with E-state index in [2.05, 4.69) is 15.3 Å². The molecular weight excluding hydrogens is 353 g/mol. The van der Waals surface area contributed by atoms with E-state index < -0.39 is 12.0 Å². The lowest BCUT2D eigenvalue weighted by Gasteiger charge is -2.23. The number of anilines is 3. The van der Waals surface area contributed by atoms with E-state index in [4.69, 9.17) is 11.5 Å². The number of nitrogens with zero attached hydrogens (tertiary/aromatic N) is 2. The van der Waals surface area contributed by atoms with Crippen molar-refractivity contribution < 1.29 is 4.39 Å². The minimum absolute atomic E-state index is 0.424. The molecule has 2 aromatic carbocycles. The summed E-state index contributed by atoms with van der Waals surface area (Å²) in [7, 11) is 1.70. The molecule has 0 radical (unpaired) electrons. The van der Waals surface area contributed by atoms with Crippen LogP contribution in [0.25, 0.3) is 0 Å². The molecule has 1 heterocycles. The predicted octanol–water partition coefficient (Wildman–Crippen LogP) is 4.26. The number of hydrogen-bond donors (Lipinski definition) is 3. The van der Waals surface area contributed by atoms with E-state index in [0.717, 1.165) is 33.5 Å². The summed E-state index contributed by atoms with van der Waals surface area (Å²) in [5.74, 6) is -0.522. The number of pyridine rings is 1. The van der Waals surface area contributed by atoms with E-state index in [0.29, 0.717) is 11.4 Å². The first-order chi connectivity index (χ1) is 13.4. The molecule has 1 unspecified atom stereocenters. The fraction of sp³-hybridized carbons (Fsp3) is 0.182. The van der Waals surface area contributed by atoms with Crippen molar-refractivity contribution in [3.63, 3.8) is 0 Å². The van der Waals surface area contributed by atoms with Gasteiger partial charge in [-0.25, -0.2) is 4.98 Å². The van der Waals surface area contributed by atoms with Gasteiger partial charge in [-0.1, -0.05) is 24.3 Å². The van der Waals surface area contributed by atoms with Crippen LogP contribution in [0.2, 0.25) is 0 Å². The Bertz CT molecular complexity index is 1010. The molecule has 3 aromatic rings. The average Bonchev–Trinajstić information content (AvgIpc) is 2.68. The number of aromatic nitrogens is 1. The molecule has 5 N–H and O–H groups in total. The van der Waals surface area contributed by atoms with Crippen molar-refractivity contribution in [2.24, 2.45) is 10.7 Å². The van der Waals surface area contributed by atoms with Crippen LogP contribution in [-0.2, 0) is 0 Å². The van der Waals surface area contributed by atoms with Gasteiger partial charge >= 0.3 is 0 Å². The number of aliphatic imine (C=N–C) groups is 1. The molecule has 3 rings (SSSR count). The van der Waals surface area contributed by atoms with Crippen molar-refractivity contribution in [3.8, 4) is 0 Å². The summed E-state index contributed by atoms with van der Waals surface area (Å²) in [4.78, 5) is 7.83. The maximum atomic E-state index is 13.2. The van der Waals surface area contributed by atoms with Gasteiger partial charge in [0.25, 0.3) is 0 Å². The second kappa shape index (κ2) is 8.19. The highest BCUT2D eigenvalue weighted by Gasteiger charge is 2.19. The van der Waals surface area contributed by atoms with E-state index in [-0.39, 0.29) is 0 Å². The highest BCUT2D eigenvalue weighted by atomic mass is 19.1. The number of rotatable bonds is 5. The Kier molecular flexibility index (Phi) is 5.70. The summed E-state index contributed by atoms with van der Waals surface area (Å²) in [5, 5.41) is 3.35. The number of benzene rings is 2. The van der Waals surface area contributed by atoms with Gasteiger partial charge in [0.15, 0.2) is 0 Å². The molecule has 1 aromatic heterocycles. The molecule has 144 valence electrons. The molecule has 0 spiro atoms. The Labute approximate surface area is 164 Å². The SMILES string of the molecule is CN=Cc1c(N)cccc1C(N)c1ccc(C)c(C)c1Nc1ccc(F)nc1. The third-order valence-electron chi connectivity index (χ3n) is 4.87. The van der Waals surface area contributed by atoms with Crippen molar-refractivity contribution in [2.75, 3.05) is 18.1 Å². The first kappa shape index (κ1) is 19.5. The molecule has 1 atom stereocenters. The van der Waals surface area contributed by atoms with E-state index in [1.807, 2.05) is 44.2 Å². The first-order valence-electron chi connectivity index (χ1n) is 8.97. The van der Waals surface area contributed by atoms with E-state index >= 15 is 0 Å². The highest BCUT2D eigenvalue weighted by molar-refractivity contribution is 5.89. The molecule has 6 heteroatoms.